The van der Waals surface area contributed by atoms with E-state index >= 15 is 0 Å². The summed E-state index contributed by atoms with van der Waals surface area (Å²) in [4.78, 5) is 17.8. The van der Waals surface area contributed by atoms with E-state index in [1.54, 1.807) is 0 Å². The molecule has 0 unspecified atom stereocenters. The van der Waals surface area contributed by atoms with Gasteiger partial charge in [-0.3, -0.25) is 15.0 Å². The van der Waals surface area contributed by atoms with Gasteiger partial charge in [0.15, 0.2) is 0 Å². The standard InChI is InChI=1S/C32H35F3N4O4S/c33-32(34,35)29-22-28(10-11-30(29)39(40)41)43-27-12-16-38(17-13-27)31(44)14-15-36-18-20-37(21-19-36)25-6-8-26(9-7-25)42-23-24-4-2-1-3-5-24/h1-11,22,27H,12-21,23H2. The molecule has 0 bridgehead atoms. The molecular weight excluding hydrogens is 593 g/mol. The number of nitro benzene ring substituents is 1. The average Bonchev–Trinajstić information content (AvgIpc) is 3.03. The molecule has 2 aliphatic heterocycles. The molecule has 2 aliphatic rings. The van der Waals surface area contributed by atoms with E-state index in [-0.39, 0.29) is 11.9 Å². The summed E-state index contributed by atoms with van der Waals surface area (Å²) in [6.07, 6.45) is -3.14. The number of benzene rings is 3. The summed E-state index contributed by atoms with van der Waals surface area (Å²) in [7, 11) is 0. The minimum absolute atomic E-state index is 0.0181. The molecule has 0 saturated carbocycles. The van der Waals surface area contributed by atoms with Crippen molar-refractivity contribution in [2.45, 2.75) is 38.1 Å². The van der Waals surface area contributed by atoms with Crippen molar-refractivity contribution in [3.05, 3.63) is 94.0 Å². The van der Waals surface area contributed by atoms with Gasteiger partial charge in [-0.15, -0.1) is 0 Å². The van der Waals surface area contributed by atoms with Crippen LogP contribution in [0.4, 0.5) is 24.5 Å². The number of piperazine rings is 1. The maximum Gasteiger partial charge on any atom is 0.423 e. The number of ether oxygens (including phenoxy) is 2. The lowest BCUT2D eigenvalue weighted by Gasteiger charge is -2.37. The molecule has 0 radical (unpaired) electrons. The molecule has 2 heterocycles. The van der Waals surface area contributed by atoms with Gasteiger partial charge in [0.05, 0.1) is 9.91 Å². The number of likely N-dealkylation sites (tertiary alicyclic amines) is 1. The Labute approximate surface area is 260 Å². The van der Waals surface area contributed by atoms with E-state index < -0.39 is 22.4 Å². The first-order valence-corrected chi connectivity index (χ1v) is 15.1. The number of halogens is 3. The smallest absolute Gasteiger partial charge is 0.423 e. The molecule has 44 heavy (non-hydrogen) atoms. The molecular formula is C32H35F3N4O4S. The Morgan fingerprint density at radius 2 is 1.57 bits per heavy atom. The second-order valence-corrected chi connectivity index (χ2v) is 11.4. The van der Waals surface area contributed by atoms with Crippen LogP contribution in [0.5, 0.6) is 11.5 Å². The Kier molecular flexibility index (Phi) is 10.2. The van der Waals surface area contributed by atoms with Crippen LogP contribution in [-0.2, 0) is 12.8 Å². The van der Waals surface area contributed by atoms with Crippen molar-refractivity contribution in [2.24, 2.45) is 0 Å². The zero-order valence-electron chi connectivity index (χ0n) is 24.2. The summed E-state index contributed by atoms with van der Waals surface area (Å²) in [6.45, 7) is 6.47. The monoisotopic (exact) mass is 628 g/mol. The van der Waals surface area contributed by atoms with Crippen LogP contribution in [0.2, 0.25) is 0 Å². The van der Waals surface area contributed by atoms with Gasteiger partial charge in [-0.25, -0.2) is 0 Å². The van der Waals surface area contributed by atoms with Crippen molar-refractivity contribution in [1.29, 1.82) is 0 Å². The van der Waals surface area contributed by atoms with Gasteiger partial charge in [0.1, 0.15) is 29.8 Å². The van der Waals surface area contributed by atoms with Gasteiger partial charge >= 0.3 is 6.18 Å². The number of alkyl halides is 3. The molecule has 0 spiro atoms. The lowest BCUT2D eigenvalue weighted by Crippen LogP contribution is -2.48. The van der Waals surface area contributed by atoms with Crippen LogP contribution >= 0.6 is 12.2 Å². The van der Waals surface area contributed by atoms with E-state index in [0.29, 0.717) is 38.6 Å². The highest BCUT2D eigenvalue weighted by molar-refractivity contribution is 7.80. The average molecular weight is 629 g/mol. The van der Waals surface area contributed by atoms with E-state index in [2.05, 4.69) is 26.8 Å². The Bertz CT molecular complexity index is 1410. The van der Waals surface area contributed by atoms with Gasteiger partial charge in [0, 0.05) is 76.8 Å². The number of hydrogen-bond donors (Lipinski definition) is 0. The number of piperidine rings is 1. The number of rotatable bonds is 10. The molecule has 0 N–H and O–H groups in total. The maximum atomic E-state index is 13.3. The molecule has 0 atom stereocenters. The van der Waals surface area contributed by atoms with Gasteiger partial charge in [-0.2, -0.15) is 13.2 Å². The zero-order chi connectivity index (χ0) is 31.1. The summed E-state index contributed by atoms with van der Waals surface area (Å²) in [6, 6.07) is 21.1. The lowest BCUT2D eigenvalue weighted by atomic mass is 10.1. The summed E-state index contributed by atoms with van der Waals surface area (Å²) in [5, 5.41) is 11.0. The number of nitrogens with zero attached hydrogens (tertiary/aromatic N) is 4. The van der Waals surface area contributed by atoms with Gasteiger partial charge in [0.25, 0.3) is 5.69 Å². The van der Waals surface area contributed by atoms with Crippen LogP contribution in [0.3, 0.4) is 0 Å². The molecule has 0 aliphatic carbocycles. The van der Waals surface area contributed by atoms with Crippen molar-refractivity contribution < 1.29 is 27.6 Å². The third-order valence-electron chi connectivity index (χ3n) is 8.03. The summed E-state index contributed by atoms with van der Waals surface area (Å²) in [5.41, 5.74) is 0.0313. The Balaban J connectivity index is 1.01. The summed E-state index contributed by atoms with van der Waals surface area (Å²) in [5.74, 6) is 0.831. The molecule has 3 aromatic carbocycles. The van der Waals surface area contributed by atoms with Crippen molar-refractivity contribution in [3.8, 4) is 11.5 Å². The maximum absolute atomic E-state index is 13.3. The normalized spacial score (nSPS) is 16.5. The van der Waals surface area contributed by atoms with Crippen LogP contribution in [0, 0.1) is 10.1 Å². The van der Waals surface area contributed by atoms with E-state index in [1.807, 2.05) is 42.5 Å². The SMILES string of the molecule is O=[N+]([O-])c1ccc(OC2CCN(C(=S)CCN3CCN(c4ccc(OCc5ccccc5)cc4)CC3)CC2)cc1C(F)(F)F. The largest absolute Gasteiger partial charge is 0.490 e. The molecule has 3 aromatic rings. The topological polar surface area (TPSA) is 71.3 Å². The van der Waals surface area contributed by atoms with Gasteiger partial charge in [-0.1, -0.05) is 42.5 Å². The van der Waals surface area contributed by atoms with Gasteiger partial charge in [0.2, 0.25) is 0 Å². The van der Waals surface area contributed by atoms with Crippen LogP contribution in [0.15, 0.2) is 72.8 Å². The molecule has 12 heteroatoms. The Morgan fingerprint density at radius 3 is 2.20 bits per heavy atom. The number of thiocarbonyl (C=S) groups is 1. The molecule has 0 amide bonds. The molecule has 234 valence electrons. The lowest BCUT2D eigenvalue weighted by molar-refractivity contribution is -0.388. The van der Waals surface area contributed by atoms with Crippen molar-refractivity contribution in [2.75, 3.05) is 50.7 Å². The van der Waals surface area contributed by atoms with Crippen molar-refractivity contribution >= 4 is 28.6 Å². The highest BCUT2D eigenvalue weighted by Gasteiger charge is 2.39. The third-order valence-corrected chi connectivity index (χ3v) is 8.49. The highest BCUT2D eigenvalue weighted by atomic mass is 32.1. The highest BCUT2D eigenvalue weighted by Crippen LogP contribution is 2.38. The molecule has 0 aromatic heterocycles. The fourth-order valence-corrected chi connectivity index (χ4v) is 5.80. The van der Waals surface area contributed by atoms with Crippen LogP contribution in [-0.4, -0.2) is 71.6 Å². The summed E-state index contributed by atoms with van der Waals surface area (Å²) >= 11 is 5.72. The van der Waals surface area contributed by atoms with E-state index in [9.17, 15) is 23.3 Å². The predicted octanol–water partition coefficient (Wildman–Crippen LogP) is 6.58. The minimum Gasteiger partial charge on any atom is -0.490 e. The van der Waals surface area contributed by atoms with E-state index in [0.717, 1.165) is 61.5 Å². The van der Waals surface area contributed by atoms with Crippen molar-refractivity contribution in [3.63, 3.8) is 0 Å². The first-order valence-electron chi connectivity index (χ1n) is 14.7. The Hall–Kier alpha value is -3.90. The van der Waals surface area contributed by atoms with Gasteiger partial charge < -0.3 is 19.3 Å². The first kappa shape index (κ1) is 31.5. The first-order chi connectivity index (χ1) is 21.2. The minimum atomic E-state index is -4.84. The number of nitro groups is 1. The summed E-state index contributed by atoms with van der Waals surface area (Å²) < 4.78 is 51.6. The van der Waals surface area contributed by atoms with E-state index in [1.165, 1.54) is 11.8 Å². The molecule has 5 rings (SSSR count). The van der Waals surface area contributed by atoms with Crippen LogP contribution in [0.1, 0.15) is 30.4 Å². The molecule has 2 saturated heterocycles. The van der Waals surface area contributed by atoms with Crippen molar-refractivity contribution in [1.82, 2.24) is 9.80 Å². The number of anilines is 1. The number of hydrogen-bond acceptors (Lipinski definition) is 7. The second kappa shape index (κ2) is 14.3. The molecule has 8 nitrogen and oxygen atoms in total. The predicted molar refractivity (Wildman–Crippen MR) is 166 cm³/mol. The zero-order valence-corrected chi connectivity index (χ0v) is 25.1. The fourth-order valence-electron chi connectivity index (χ4n) is 5.53. The Morgan fingerprint density at radius 1 is 0.909 bits per heavy atom. The second-order valence-electron chi connectivity index (χ2n) is 11.0. The third kappa shape index (κ3) is 8.38. The van der Waals surface area contributed by atoms with Crippen LogP contribution < -0.4 is 14.4 Å². The molecule has 2 fully saturated rings. The van der Waals surface area contributed by atoms with Crippen LogP contribution in [0.25, 0.3) is 0 Å². The van der Waals surface area contributed by atoms with Gasteiger partial charge in [-0.05, 0) is 42.0 Å². The quantitative estimate of drug-likeness (QED) is 0.142. The fraction of sp³-hybridized carbons (Fsp3) is 0.406. The van der Waals surface area contributed by atoms with E-state index in [4.69, 9.17) is 21.7 Å².